The average Bonchev–Trinajstić information content (AvgIpc) is 2.40. The third kappa shape index (κ3) is 1.63. The molecule has 0 aliphatic carbocycles. The van der Waals surface area contributed by atoms with Gasteiger partial charge in [-0.1, -0.05) is 6.42 Å². The zero-order valence-electron chi connectivity index (χ0n) is 11.2. The van der Waals surface area contributed by atoms with E-state index in [-0.39, 0.29) is 0 Å². The van der Waals surface area contributed by atoms with Gasteiger partial charge in [0.15, 0.2) is 0 Å². The van der Waals surface area contributed by atoms with Crippen LogP contribution in [-0.4, -0.2) is 47.4 Å². The molecule has 4 heterocycles. The van der Waals surface area contributed by atoms with E-state index in [1.54, 1.807) is 0 Å². The van der Waals surface area contributed by atoms with Crippen LogP contribution in [0.4, 0.5) is 0 Å². The molecule has 4 aliphatic rings. The highest BCUT2D eigenvalue weighted by Gasteiger charge is 2.47. The summed E-state index contributed by atoms with van der Waals surface area (Å²) >= 11 is 0. The Kier molecular flexibility index (Phi) is 2.65. The van der Waals surface area contributed by atoms with Crippen molar-refractivity contribution in [2.45, 2.75) is 57.0 Å². The number of hydrogen-bond acceptors (Lipinski definition) is 2. The van der Waals surface area contributed by atoms with Gasteiger partial charge in [0.1, 0.15) is 0 Å². The molecule has 4 saturated heterocycles. The Labute approximate surface area is 110 Å². The van der Waals surface area contributed by atoms with E-state index in [9.17, 15) is 4.79 Å². The molecule has 4 atom stereocenters. The lowest BCUT2D eigenvalue weighted by molar-refractivity contribution is -0.148. The molecule has 1 amide bonds. The van der Waals surface area contributed by atoms with Crippen molar-refractivity contribution < 1.29 is 4.79 Å². The molecule has 3 nitrogen and oxygen atoms in total. The van der Waals surface area contributed by atoms with Gasteiger partial charge in [0.25, 0.3) is 0 Å². The maximum absolute atomic E-state index is 12.1. The van der Waals surface area contributed by atoms with E-state index in [2.05, 4.69) is 9.80 Å². The largest absolute Gasteiger partial charge is 0.339 e. The van der Waals surface area contributed by atoms with Crippen LogP contribution in [0, 0.1) is 11.8 Å². The Morgan fingerprint density at radius 2 is 1.78 bits per heavy atom. The quantitative estimate of drug-likeness (QED) is 0.653. The van der Waals surface area contributed by atoms with Gasteiger partial charge in [-0.05, 0) is 50.5 Å². The fourth-order valence-corrected chi connectivity index (χ4v) is 5.10. The number of rotatable bonds is 0. The second-order valence-electron chi connectivity index (χ2n) is 6.82. The zero-order valence-corrected chi connectivity index (χ0v) is 11.2. The van der Waals surface area contributed by atoms with Crippen molar-refractivity contribution in [3.63, 3.8) is 0 Å². The molecule has 0 aromatic heterocycles. The number of amides is 1. The smallest absolute Gasteiger partial charge is 0.222 e. The van der Waals surface area contributed by atoms with Gasteiger partial charge in [0, 0.05) is 31.6 Å². The molecule has 4 fully saturated rings. The summed E-state index contributed by atoms with van der Waals surface area (Å²) in [6, 6.07) is 1.39. The van der Waals surface area contributed by atoms with Crippen molar-refractivity contribution in [2.75, 3.05) is 19.6 Å². The molecule has 4 aliphatic heterocycles. The van der Waals surface area contributed by atoms with Crippen LogP contribution in [0.2, 0.25) is 0 Å². The fourth-order valence-electron chi connectivity index (χ4n) is 5.10. The van der Waals surface area contributed by atoms with Crippen LogP contribution >= 0.6 is 0 Å². The van der Waals surface area contributed by atoms with Crippen LogP contribution in [0.5, 0.6) is 0 Å². The van der Waals surface area contributed by atoms with Gasteiger partial charge in [0.2, 0.25) is 5.91 Å². The van der Waals surface area contributed by atoms with Crippen molar-refractivity contribution in [1.29, 1.82) is 0 Å². The Bertz CT molecular complexity index is 356. The highest BCUT2D eigenvalue weighted by molar-refractivity contribution is 5.77. The average molecular weight is 248 g/mol. The number of piperidine rings is 4. The van der Waals surface area contributed by atoms with Crippen molar-refractivity contribution in [3.8, 4) is 0 Å². The van der Waals surface area contributed by atoms with Gasteiger partial charge in [-0.3, -0.25) is 9.69 Å². The number of carbonyl (C=O) groups is 1. The molecule has 3 heteroatoms. The Morgan fingerprint density at radius 1 is 0.944 bits per heavy atom. The molecule has 4 rings (SSSR count). The summed E-state index contributed by atoms with van der Waals surface area (Å²) in [5, 5.41) is 0. The second kappa shape index (κ2) is 4.22. The maximum Gasteiger partial charge on any atom is 0.222 e. The SMILES string of the molecule is O=C1CCCC2[C@@H]3C[C@@H](CN12)[C@@H]1CCCCN1C3. The highest BCUT2D eigenvalue weighted by atomic mass is 16.2. The highest BCUT2D eigenvalue weighted by Crippen LogP contribution is 2.42. The summed E-state index contributed by atoms with van der Waals surface area (Å²) in [7, 11) is 0. The van der Waals surface area contributed by atoms with Gasteiger partial charge in [0.05, 0.1) is 0 Å². The van der Waals surface area contributed by atoms with Gasteiger partial charge in [-0.15, -0.1) is 0 Å². The predicted octanol–water partition coefficient (Wildman–Crippen LogP) is 1.87. The molecule has 0 radical (unpaired) electrons. The van der Waals surface area contributed by atoms with E-state index in [1.165, 1.54) is 45.2 Å². The topological polar surface area (TPSA) is 23.6 Å². The molecule has 18 heavy (non-hydrogen) atoms. The Balaban J connectivity index is 1.59. The molecule has 0 aromatic rings. The summed E-state index contributed by atoms with van der Waals surface area (Å²) in [6.45, 7) is 3.66. The van der Waals surface area contributed by atoms with Gasteiger partial charge < -0.3 is 4.90 Å². The third-order valence-corrected chi connectivity index (χ3v) is 5.87. The van der Waals surface area contributed by atoms with Crippen LogP contribution in [0.15, 0.2) is 0 Å². The van der Waals surface area contributed by atoms with Crippen LogP contribution in [0.3, 0.4) is 0 Å². The molecule has 100 valence electrons. The van der Waals surface area contributed by atoms with E-state index in [0.717, 1.165) is 37.3 Å². The van der Waals surface area contributed by atoms with Crippen LogP contribution in [0.25, 0.3) is 0 Å². The lowest BCUT2D eigenvalue weighted by Crippen LogP contribution is -2.64. The van der Waals surface area contributed by atoms with Crippen molar-refractivity contribution in [2.24, 2.45) is 11.8 Å². The first-order valence-electron chi connectivity index (χ1n) is 7.86. The normalized spacial score (nSPS) is 44.4. The number of hydrogen-bond donors (Lipinski definition) is 0. The molecule has 1 unspecified atom stereocenters. The van der Waals surface area contributed by atoms with Crippen LogP contribution in [0.1, 0.15) is 44.9 Å². The van der Waals surface area contributed by atoms with Gasteiger partial charge in [-0.2, -0.15) is 0 Å². The van der Waals surface area contributed by atoms with E-state index in [1.807, 2.05) is 0 Å². The van der Waals surface area contributed by atoms with Crippen LogP contribution < -0.4 is 0 Å². The number of carbonyl (C=O) groups excluding carboxylic acids is 1. The summed E-state index contributed by atoms with van der Waals surface area (Å²) in [5.74, 6) is 2.01. The van der Waals surface area contributed by atoms with Crippen LogP contribution in [-0.2, 0) is 4.79 Å². The van der Waals surface area contributed by atoms with Crippen molar-refractivity contribution in [3.05, 3.63) is 0 Å². The molecule has 0 N–H and O–H groups in total. The summed E-state index contributed by atoms with van der Waals surface area (Å²) in [4.78, 5) is 17.2. The first kappa shape index (κ1) is 11.3. The number of nitrogens with zero attached hydrogens (tertiary/aromatic N) is 2. The van der Waals surface area contributed by atoms with Gasteiger partial charge in [-0.25, -0.2) is 0 Å². The molecular formula is C15H24N2O. The first-order valence-corrected chi connectivity index (χ1v) is 7.86. The lowest BCUT2D eigenvalue weighted by atomic mass is 9.71. The lowest BCUT2D eigenvalue weighted by Gasteiger charge is -2.56. The van der Waals surface area contributed by atoms with E-state index >= 15 is 0 Å². The van der Waals surface area contributed by atoms with Gasteiger partial charge >= 0.3 is 0 Å². The van der Waals surface area contributed by atoms with Crippen molar-refractivity contribution in [1.82, 2.24) is 9.80 Å². The minimum absolute atomic E-state index is 0.449. The van der Waals surface area contributed by atoms with E-state index in [0.29, 0.717) is 11.9 Å². The summed E-state index contributed by atoms with van der Waals surface area (Å²) in [6.07, 6.45) is 8.78. The van der Waals surface area contributed by atoms with E-state index < -0.39 is 0 Å². The summed E-state index contributed by atoms with van der Waals surface area (Å²) < 4.78 is 0. The summed E-state index contributed by atoms with van der Waals surface area (Å²) in [5.41, 5.74) is 0. The molecule has 0 aromatic carbocycles. The Hall–Kier alpha value is -0.570. The fraction of sp³-hybridized carbons (Fsp3) is 0.933. The predicted molar refractivity (Wildman–Crippen MR) is 70.2 cm³/mol. The van der Waals surface area contributed by atoms with E-state index in [4.69, 9.17) is 0 Å². The Morgan fingerprint density at radius 3 is 2.72 bits per heavy atom. The molecular weight excluding hydrogens is 224 g/mol. The monoisotopic (exact) mass is 248 g/mol. The zero-order chi connectivity index (χ0) is 12.1. The molecule has 2 bridgehead atoms. The maximum atomic E-state index is 12.1. The standard InChI is InChI=1S/C15H24N2O/c18-15-6-3-5-14-11-8-12(10-17(14)15)13-4-1-2-7-16(13)9-11/h11-14H,1-10H2/t11-,12+,13+,14?/m1/s1. The number of fused-ring (bicyclic) bond motifs is 6. The minimum Gasteiger partial charge on any atom is -0.339 e. The van der Waals surface area contributed by atoms with Crippen molar-refractivity contribution >= 4 is 5.91 Å². The first-order chi connectivity index (χ1) is 8.83. The minimum atomic E-state index is 0.449. The molecule has 0 spiro atoms. The third-order valence-electron chi connectivity index (χ3n) is 5.87. The molecule has 0 saturated carbocycles. The second-order valence-corrected chi connectivity index (χ2v) is 6.82.